The first-order valence-electron chi connectivity index (χ1n) is 4.05. The van der Waals surface area contributed by atoms with Gasteiger partial charge >= 0.3 is 0 Å². The Labute approximate surface area is 77.6 Å². The van der Waals surface area contributed by atoms with Crippen LogP contribution in [0.1, 0.15) is 24.3 Å². The Balaban J connectivity index is 3.01. The molecule has 72 valence electrons. The summed E-state index contributed by atoms with van der Waals surface area (Å²) in [5.74, 6) is 5.67. The quantitative estimate of drug-likeness (QED) is 0.717. The molecule has 0 aliphatic carbocycles. The van der Waals surface area contributed by atoms with E-state index in [4.69, 9.17) is 15.5 Å². The second kappa shape index (κ2) is 4.20. The molecule has 0 aliphatic rings. The first-order valence-corrected chi connectivity index (χ1v) is 4.05. The molecule has 2 N–H and O–H groups in total. The highest BCUT2D eigenvalue weighted by Gasteiger charge is 2.07. The third-order valence-corrected chi connectivity index (χ3v) is 1.83. The first-order chi connectivity index (χ1) is 6.17. The number of aryl methyl sites for hydroxylation is 1. The second-order valence-electron chi connectivity index (χ2n) is 2.86. The smallest absolute Gasteiger partial charge is 0.213 e. The molecule has 0 bridgehead atoms. The van der Waals surface area contributed by atoms with Crippen molar-refractivity contribution in [3.8, 4) is 5.88 Å². The first kappa shape index (κ1) is 9.95. The molecule has 4 nitrogen and oxygen atoms in total. The fourth-order valence-electron chi connectivity index (χ4n) is 1.08. The van der Waals surface area contributed by atoms with Gasteiger partial charge in [-0.05, 0) is 25.5 Å². The molecule has 1 aromatic heterocycles. The number of methoxy groups -OCH3 is 1. The van der Waals surface area contributed by atoms with Crippen molar-refractivity contribution in [1.29, 1.82) is 0 Å². The van der Waals surface area contributed by atoms with Crippen molar-refractivity contribution in [2.45, 2.75) is 20.0 Å². The highest BCUT2D eigenvalue weighted by Crippen LogP contribution is 2.19. The molecular weight excluding hydrogens is 168 g/mol. The zero-order chi connectivity index (χ0) is 9.84. The number of hydrogen-bond acceptors (Lipinski definition) is 4. The van der Waals surface area contributed by atoms with Crippen molar-refractivity contribution >= 4 is 0 Å². The average Bonchev–Trinajstić information content (AvgIpc) is 2.15. The van der Waals surface area contributed by atoms with Gasteiger partial charge in [0.15, 0.2) is 0 Å². The van der Waals surface area contributed by atoms with Crippen LogP contribution in [-0.2, 0) is 4.84 Å². The van der Waals surface area contributed by atoms with Crippen LogP contribution in [-0.4, -0.2) is 12.1 Å². The van der Waals surface area contributed by atoms with E-state index in [1.807, 2.05) is 26.0 Å². The lowest BCUT2D eigenvalue weighted by atomic mass is 10.1. The van der Waals surface area contributed by atoms with Gasteiger partial charge in [0.05, 0.1) is 7.11 Å². The van der Waals surface area contributed by atoms with Crippen molar-refractivity contribution in [1.82, 2.24) is 4.98 Å². The molecule has 1 unspecified atom stereocenters. The van der Waals surface area contributed by atoms with Crippen molar-refractivity contribution in [3.63, 3.8) is 0 Å². The lowest BCUT2D eigenvalue weighted by molar-refractivity contribution is 0.0661. The third-order valence-electron chi connectivity index (χ3n) is 1.83. The van der Waals surface area contributed by atoms with Gasteiger partial charge in [0, 0.05) is 11.8 Å². The third kappa shape index (κ3) is 2.40. The predicted molar refractivity (Wildman–Crippen MR) is 49.2 cm³/mol. The second-order valence-corrected chi connectivity index (χ2v) is 2.86. The van der Waals surface area contributed by atoms with Crippen LogP contribution in [0.4, 0.5) is 0 Å². The van der Waals surface area contributed by atoms with Gasteiger partial charge in [0.25, 0.3) is 0 Å². The highest BCUT2D eigenvalue weighted by molar-refractivity contribution is 5.26. The maximum Gasteiger partial charge on any atom is 0.213 e. The lowest BCUT2D eigenvalue weighted by Crippen LogP contribution is -2.06. The Morgan fingerprint density at radius 3 is 2.69 bits per heavy atom. The summed E-state index contributed by atoms with van der Waals surface area (Å²) in [7, 11) is 1.58. The minimum absolute atomic E-state index is 0.143. The molecule has 1 rings (SSSR count). The Hall–Kier alpha value is -1.13. The van der Waals surface area contributed by atoms with E-state index in [2.05, 4.69) is 4.98 Å². The Morgan fingerprint density at radius 2 is 2.15 bits per heavy atom. The van der Waals surface area contributed by atoms with E-state index in [9.17, 15) is 0 Å². The van der Waals surface area contributed by atoms with E-state index < -0.39 is 0 Å². The van der Waals surface area contributed by atoms with E-state index in [0.29, 0.717) is 5.88 Å². The molecule has 0 saturated heterocycles. The predicted octanol–water partition coefficient (Wildman–Crippen LogP) is 1.35. The average molecular weight is 182 g/mol. The zero-order valence-corrected chi connectivity index (χ0v) is 8.07. The summed E-state index contributed by atoms with van der Waals surface area (Å²) < 4.78 is 5.02. The summed E-state index contributed by atoms with van der Waals surface area (Å²) in [6, 6.07) is 3.73. The molecule has 0 radical (unpaired) electrons. The van der Waals surface area contributed by atoms with Crippen molar-refractivity contribution < 1.29 is 9.57 Å². The summed E-state index contributed by atoms with van der Waals surface area (Å²) in [5.41, 5.74) is 1.85. The summed E-state index contributed by atoms with van der Waals surface area (Å²) in [5, 5.41) is 0. The summed E-state index contributed by atoms with van der Waals surface area (Å²) in [6.07, 6.45) is -0.143. The number of ether oxygens (including phenoxy) is 1. The van der Waals surface area contributed by atoms with Crippen LogP contribution >= 0.6 is 0 Å². The Bertz CT molecular complexity index is 289. The van der Waals surface area contributed by atoms with Crippen molar-refractivity contribution in [3.05, 3.63) is 23.4 Å². The SMILES string of the molecule is COc1cc(C(C)ON)cc(C)n1. The van der Waals surface area contributed by atoms with Crippen LogP contribution < -0.4 is 10.6 Å². The number of rotatable bonds is 3. The topological polar surface area (TPSA) is 57.4 Å². The van der Waals surface area contributed by atoms with Crippen LogP contribution in [0.25, 0.3) is 0 Å². The van der Waals surface area contributed by atoms with Gasteiger partial charge in [-0.15, -0.1) is 0 Å². The number of nitrogens with zero attached hydrogens (tertiary/aromatic N) is 1. The molecule has 0 spiro atoms. The maximum atomic E-state index is 5.08. The van der Waals surface area contributed by atoms with Gasteiger partial charge in [-0.25, -0.2) is 10.9 Å². The number of hydrogen-bond donors (Lipinski definition) is 1. The molecule has 0 saturated carbocycles. The van der Waals surface area contributed by atoms with Crippen LogP contribution in [0.3, 0.4) is 0 Å². The minimum atomic E-state index is -0.143. The summed E-state index contributed by atoms with van der Waals surface area (Å²) in [4.78, 5) is 8.86. The summed E-state index contributed by atoms with van der Waals surface area (Å²) in [6.45, 7) is 3.77. The van der Waals surface area contributed by atoms with Crippen LogP contribution in [0, 0.1) is 6.92 Å². The standard InChI is InChI=1S/C9H14N2O2/c1-6-4-8(7(2)13-10)5-9(11-6)12-3/h4-5,7H,10H2,1-3H3. The van der Waals surface area contributed by atoms with Crippen LogP contribution in [0.2, 0.25) is 0 Å². The molecular formula is C9H14N2O2. The van der Waals surface area contributed by atoms with E-state index in [0.717, 1.165) is 11.3 Å². The Kier molecular flexibility index (Phi) is 3.22. The highest BCUT2D eigenvalue weighted by atomic mass is 16.6. The largest absolute Gasteiger partial charge is 0.481 e. The van der Waals surface area contributed by atoms with Crippen molar-refractivity contribution in [2.24, 2.45) is 5.90 Å². The van der Waals surface area contributed by atoms with Gasteiger partial charge in [-0.2, -0.15) is 0 Å². The summed E-state index contributed by atoms with van der Waals surface area (Å²) >= 11 is 0. The van der Waals surface area contributed by atoms with Crippen LogP contribution in [0.15, 0.2) is 12.1 Å². The van der Waals surface area contributed by atoms with E-state index in [1.165, 1.54) is 0 Å². The van der Waals surface area contributed by atoms with Crippen LogP contribution in [0.5, 0.6) is 5.88 Å². The van der Waals surface area contributed by atoms with E-state index in [1.54, 1.807) is 7.11 Å². The fourth-order valence-corrected chi connectivity index (χ4v) is 1.08. The minimum Gasteiger partial charge on any atom is -0.481 e. The number of pyridine rings is 1. The maximum absolute atomic E-state index is 5.08. The molecule has 0 aromatic carbocycles. The van der Waals surface area contributed by atoms with Gasteiger partial charge in [0.2, 0.25) is 5.88 Å². The molecule has 1 aromatic rings. The normalized spacial score (nSPS) is 12.6. The van der Waals surface area contributed by atoms with E-state index in [-0.39, 0.29) is 6.10 Å². The molecule has 4 heteroatoms. The van der Waals surface area contributed by atoms with Gasteiger partial charge in [-0.1, -0.05) is 0 Å². The molecule has 13 heavy (non-hydrogen) atoms. The number of nitrogens with two attached hydrogens (primary N) is 1. The van der Waals surface area contributed by atoms with E-state index >= 15 is 0 Å². The van der Waals surface area contributed by atoms with Crippen molar-refractivity contribution in [2.75, 3.05) is 7.11 Å². The molecule has 0 fully saturated rings. The molecule has 0 amide bonds. The fraction of sp³-hybridized carbons (Fsp3) is 0.444. The Morgan fingerprint density at radius 1 is 1.46 bits per heavy atom. The van der Waals surface area contributed by atoms with Gasteiger partial charge in [-0.3, -0.25) is 4.84 Å². The van der Waals surface area contributed by atoms with Gasteiger partial charge in [0.1, 0.15) is 6.10 Å². The number of aromatic nitrogens is 1. The lowest BCUT2D eigenvalue weighted by Gasteiger charge is -2.10. The zero-order valence-electron chi connectivity index (χ0n) is 8.07. The monoisotopic (exact) mass is 182 g/mol. The molecule has 1 atom stereocenters. The molecule has 1 heterocycles. The van der Waals surface area contributed by atoms with Gasteiger partial charge < -0.3 is 4.74 Å². The molecule has 0 aliphatic heterocycles.